The third-order valence-corrected chi connectivity index (χ3v) is 2.83. The molecule has 1 aromatic carbocycles. The quantitative estimate of drug-likeness (QED) is 0.685. The van der Waals surface area contributed by atoms with E-state index in [1.807, 2.05) is 24.3 Å². The number of nitrogens with zero attached hydrogens (tertiary/aromatic N) is 1. The molecule has 1 aromatic rings. The van der Waals surface area contributed by atoms with Crippen LogP contribution in [-0.2, 0) is 4.74 Å². The average Bonchev–Trinajstić information content (AvgIpc) is 2.47. The molecule has 1 aliphatic rings. The molecule has 0 spiro atoms. The van der Waals surface area contributed by atoms with E-state index in [9.17, 15) is 0 Å². The molecule has 0 amide bonds. The minimum absolute atomic E-state index is 0.0857. The van der Waals surface area contributed by atoms with Crippen molar-refractivity contribution in [1.29, 1.82) is 0 Å². The van der Waals surface area contributed by atoms with E-state index in [1.54, 1.807) is 0 Å². The van der Waals surface area contributed by atoms with E-state index in [1.165, 1.54) is 0 Å². The standard InChI is InChI=1S/C11H12NOSe/c1-11(2)7-13-10(12-11)8-5-3-4-6-9(8)14/h3-6H,7H2,1-2H3. The summed E-state index contributed by atoms with van der Waals surface area (Å²) >= 11 is 3.01. The maximum absolute atomic E-state index is 5.57. The Morgan fingerprint density at radius 1 is 1.36 bits per heavy atom. The Labute approximate surface area is 92.2 Å². The first-order valence-corrected chi connectivity index (χ1v) is 5.43. The molecule has 0 atom stereocenters. The van der Waals surface area contributed by atoms with Gasteiger partial charge in [-0.25, -0.2) is 0 Å². The molecule has 0 unspecified atom stereocenters. The van der Waals surface area contributed by atoms with E-state index in [0.717, 1.165) is 15.9 Å². The van der Waals surface area contributed by atoms with E-state index >= 15 is 0 Å². The summed E-state index contributed by atoms with van der Waals surface area (Å²) in [6.45, 7) is 4.81. The summed E-state index contributed by atoms with van der Waals surface area (Å²) < 4.78 is 6.65. The fraction of sp³-hybridized carbons (Fsp3) is 0.364. The van der Waals surface area contributed by atoms with Crippen molar-refractivity contribution >= 4 is 26.4 Å². The van der Waals surface area contributed by atoms with Crippen LogP contribution in [0, 0.1) is 0 Å². The monoisotopic (exact) mass is 254 g/mol. The van der Waals surface area contributed by atoms with Crippen molar-refractivity contribution < 1.29 is 4.74 Å². The van der Waals surface area contributed by atoms with E-state index in [2.05, 4.69) is 34.9 Å². The van der Waals surface area contributed by atoms with E-state index in [4.69, 9.17) is 4.74 Å². The van der Waals surface area contributed by atoms with Crippen molar-refractivity contribution in [2.75, 3.05) is 6.61 Å². The Morgan fingerprint density at radius 2 is 2.07 bits per heavy atom. The zero-order valence-corrected chi connectivity index (χ0v) is 9.99. The molecule has 14 heavy (non-hydrogen) atoms. The van der Waals surface area contributed by atoms with Crippen molar-refractivity contribution in [2.24, 2.45) is 4.99 Å². The Hall–Kier alpha value is -0.791. The van der Waals surface area contributed by atoms with Crippen LogP contribution in [-0.4, -0.2) is 34.1 Å². The predicted molar refractivity (Wildman–Crippen MR) is 58.4 cm³/mol. The first-order valence-electron chi connectivity index (χ1n) is 4.58. The molecule has 0 aromatic heterocycles. The second-order valence-corrected chi connectivity index (χ2v) is 4.94. The average molecular weight is 253 g/mol. The number of ether oxygens (including phenoxy) is 1. The summed E-state index contributed by atoms with van der Waals surface area (Å²) in [5.41, 5.74) is 0.968. The molecule has 0 saturated carbocycles. The summed E-state index contributed by atoms with van der Waals surface area (Å²) in [6, 6.07) is 8.03. The van der Waals surface area contributed by atoms with Gasteiger partial charge in [-0.1, -0.05) is 0 Å². The molecule has 0 fully saturated rings. The van der Waals surface area contributed by atoms with Gasteiger partial charge in [0.05, 0.1) is 0 Å². The van der Waals surface area contributed by atoms with E-state index in [-0.39, 0.29) is 5.54 Å². The van der Waals surface area contributed by atoms with Gasteiger partial charge in [0.2, 0.25) is 0 Å². The van der Waals surface area contributed by atoms with Crippen molar-refractivity contribution in [3.63, 3.8) is 0 Å². The van der Waals surface area contributed by atoms with Gasteiger partial charge < -0.3 is 0 Å². The Bertz CT molecular complexity index is 385. The first kappa shape index (κ1) is 9.75. The zero-order valence-electron chi connectivity index (χ0n) is 8.28. The van der Waals surface area contributed by atoms with E-state index < -0.39 is 0 Å². The molecule has 0 aliphatic carbocycles. The van der Waals surface area contributed by atoms with Crippen LogP contribution >= 0.6 is 0 Å². The van der Waals surface area contributed by atoms with Crippen LogP contribution in [0.2, 0.25) is 0 Å². The molecule has 2 nitrogen and oxygen atoms in total. The summed E-state index contributed by atoms with van der Waals surface area (Å²) in [5.74, 6) is 0.754. The van der Waals surface area contributed by atoms with Crippen LogP contribution in [0.15, 0.2) is 29.3 Å². The second-order valence-electron chi connectivity index (χ2n) is 4.01. The summed E-state index contributed by atoms with van der Waals surface area (Å²) in [7, 11) is 0. The number of rotatable bonds is 1. The Kier molecular flexibility index (Phi) is 2.38. The van der Waals surface area contributed by atoms with Gasteiger partial charge in [0, 0.05) is 0 Å². The normalized spacial score (nSPS) is 18.9. The molecule has 0 bridgehead atoms. The van der Waals surface area contributed by atoms with E-state index in [0.29, 0.717) is 6.61 Å². The molecular weight excluding hydrogens is 241 g/mol. The van der Waals surface area contributed by atoms with Crippen LogP contribution < -0.4 is 4.46 Å². The van der Waals surface area contributed by atoms with Crippen molar-refractivity contribution in [3.8, 4) is 0 Å². The second kappa shape index (κ2) is 3.41. The van der Waals surface area contributed by atoms with Gasteiger partial charge in [0.15, 0.2) is 0 Å². The number of aliphatic imine (C=N–C) groups is 1. The molecule has 1 heterocycles. The number of hydrogen-bond donors (Lipinski definition) is 0. The SMILES string of the molecule is CC1(C)COC(c2ccccc2[Se])=N1. The Morgan fingerprint density at radius 3 is 2.64 bits per heavy atom. The van der Waals surface area contributed by atoms with Crippen molar-refractivity contribution in [2.45, 2.75) is 19.4 Å². The van der Waals surface area contributed by atoms with Gasteiger partial charge in [-0.05, 0) is 0 Å². The molecule has 73 valence electrons. The fourth-order valence-corrected chi connectivity index (χ4v) is 1.86. The van der Waals surface area contributed by atoms with Gasteiger partial charge >= 0.3 is 91.9 Å². The van der Waals surface area contributed by atoms with Crippen molar-refractivity contribution in [3.05, 3.63) is 29.8 Å². The fourth-order valence-electron chi connectivity index (χ4n) is 1.37. The molecule has 2 rings (SSSR count). The van der Waals surface area contributed by atoms with Gasteiger partial charge in [-0.2, -0.15) is 0 Å². The topological polar surface area (TPSA) is 21.6 Å². The zero-order chi connectivity index (χ0) is 10.2. The molecule has 3 heteroatoms. The van der Waals surface area contributed by atoms with Crippen LogP contribution in [0.4, 0.5) is 0 Å². The van der Waals surface area contributed by atoms with Crippen molar-refractivity contribution in [1.82, 2.24) is 0 Å². The molecule has 0 N–H and O–H groups in total. The molecule has 1 aliphatic heterocycles. The Balaban J connectivity index is 2.38. The summed E-state index contributed by atoms with van der Waals surface area (Å²) in [5, 5.41) is 0. The maximum atomic E-state index is 5.57. The number of hydrogen-bond acceptors (Lipinski definition) is 2. The predicted octanol–water partition coefficient (Wildman–Crippen LogP) is 1.04. The van der Waals surface area contributed by atoms with Gasteiger partial charge in [0.1, 0.15) is 0 Å². The third kappa shape index (κ3) is 1.84. The van der Waals surface area contributed by atoms with Gasteiger partial charge in [-0.3, -0.25) is 0 Å². The molecular formula is C11H12NOSe. The van der Waals surface area contributed by atoms with Crippen LogP contribution in [0.1, 0.15) is 19.4 Å². The minimum atomic E-state index is -0.0857. The van der Waals surface area contributed by atoms with Gasteiger partial charge in [0.25, 0.3) is 0 Å². The first-order chi connectivity index (χ1) is 6.58. The summed E-state index contributed by atoms with van der Waals surface area (Å²) in [6.07, 6.45) is 0. The van der Waals surface area contributed by atoms with Crippen LogP contribution in [0.5, 0.6) is 0 Å². The third-order valence-electron chi connectivity index (χ3n) is 2.08. The van der Waals surface area contributed by atoms with Crippen LogP contribution in [0.25, 0.3) is 0 Å². The van der Waals surface area contributed by atoms with Gasteiger partial charge in [-0.15, -0.1) is 0 Å². The summed E-state index contributed by atoms with van der Waals surface area (Å²) in [4.78, 5) is 4.53. The molecule has 1 radical (unpaired) electrons. The number of benzene rings is 1. The molecule has 0 saturated heterocycles. The van der Waals surface area contributed by atoms with Crippen LogP contribution in [0.3, 0.4) is 0 Å².